The molecule has 260 valence electrons. The van der Waals surface area contributed by atoms with E-state index in [0.717, 1.165) is 11.3 Å². The highest BCUT2D eigenvalue weighted by Gasteiger charge is 2.39. The molecule has 5 atom stereocenters. The van der Waals surface area contributed by atoms with Gasteiger partial charge in [0.1, 0.15) is 30.2 Å². The lowest BCUT2D eigenvalue weighted by molar-refractivity contribution is -0.140. The Hall–Kier alpha value is -4.41. The topological polar surface area (TPSA) is 149 Å². The molecule has 0 radical (unpaired) electrons. The molecule has 2 aromatic rings. The zero-order chi connectivity index (χ0) is 34.6. The number of rotatable bonds is 7. The number of nitrogens with one attached hydrogen (secondary N) is 5. The number of hydrogen-bond acceptors (Lipinski definition) is 6. The summed E-state index contributed by atoms with van der Waals surface area (Å²) in [4.78, 5) is 70.5. The second kappa shape index (κ2) is 17.7. The Morgan fingerprint density at radius 3 is 2.06 bits per heavy atom. The first-order chi connectivity index (χ1) is 23.0. The molecule has 5 amide bonds. The van der Waals surface area contributed by atoms with Gasteiger partial charge < -0.3 is 31.5 Å². The maximum atomic E-state index is 14.0. The number of fused-ring (bicyclic) bond motifs is 1. The van der Waals surface area contributed by atoms with E-state index in [1.807, 2.05) is 88.4 Å². The van der Waals surface area contributed by atoms with E-state index in [2.05, 4.69) is 26.6 Å². The zero-order valence-corrected chi connectivity index (χ0v) is 28.7. The van der Waals surface area contributed by atoms with Crippen LogP contribution in [-0.4, -0.2) is 77.7 Å². The van der Waals surface area contributed by atoms with Crippen LogP contribution >= 0.6 is 0 Å². The molecule has 2 saturated heterocycles. The van der Waals surface area contributed by atoms with E-state index < -0.39 is 42.0 Å². The van der Waals surface area contributed by atoms with Crippen LogP contribution in [0.3, 0.4) is 0 Å². The first kappa shape index (κ1) is 36.4. The highest BCUT2D eigenvalue weighted by atomic mass is 16.2. The van der Waals surface area contributed by atoms with Gasteiger partial charge in [0.05, 0.1) is 0 Å². The standard InChI is InChI=1S/C37H52N6O5/c1-24(2)22-29-33(44)38-20-12-11-18-28(39-27-16-9-6-10-17-27)37(48)43-21-13-19-31(43)35(46)42-32(25(3)4)36(47)41-30(34(45)40-29)23-26-14-7-5-8-15-26/h5-10,14-17,24-25,28-32,39H,11-13,18-23H2,1-4H3,(H,38,44)(H,40,45)(H,41,47)(H,42,46)/t28-,29-,30-,31-,32-/m0/s1. The quantitative estimate of drug-likeness (QED) is 0.308. The third kappa shape index (κ3) is 10.3. The second-order valence-corrected chi connectivity index (χ2v) is 13.7. The Balaban J connectivity index is 1.64. The average Bonchev–Trinajstić information content (AvgIpc) is 3.56. The fourth-order valence-electron chi connectivity index (χ4n) is 6.38. The Morgan fingerprint density at radius 2 is 1.40 bits per heavy atom. The molecule has 2 fully saturated rings. The molecule has 0 saturated carbocycles. The van der Waals surface area contributed by atoms with Gasteiger partial charge >= 0.3 is 0 Å². The number of anilines is 1. The lowest BCUT2D eigenvalue weighted by Crippen LogP contribution is -2.60. The van der Waals surface area contributed by atoms with Gasteiger partial charge in [-0.1, -0.05) is 76.2 Å². The molecule has 0 unspecified atom stereocenters. The van der Waals surface area contributed by atoms with Crippen LogP contribution in [0.15, 0.2) is 60.7 Å². The number of nitrogens with zero attached hydrogens (tertiary/aromatic N) is 1. The minimum absolute atomic E-state index is 0.121. The van der Waals surface area contributed by atoms with Gasteiger partial charge in [0.15, 0.2) is 0 Å². The molecule has 2 aromatic carbocycles. The number of benzene rings is 2. The van der Waals surface area contributed by atoms with Crippen molar-refractivity contribution in [3.8, 4) is 0 Å². The highest BCUT2D eigenvalue weighted by molar-refractivity contribution is 5.96. The molecule has 5 N–H and O–H groups in total. The summed E-state index contributed by atoms with van der Waals surface area (Å²) in [7, 11) is 0. The predicted molar refractivity (Wildman–Crippen MR) is 186 cm³/mol. The fraction of sp³-hybridized carbons (Fsp3) is 0.541. The van der Waals surface area contributed by atoms with Gasteiger partial charge in [-0.25, -0.2) is 0 Å². The Kier molecular flexibility index (Phi) is 13.4. The zero-order valence-electron chi connectivity index (χ0n) is 28.7. The van der Waals surface area contributed by atoms with Crippen LogP contribution in [0.2, 0.25) is 0 Å². The summed E-state index contributed by atoms with van der Waals surface area (Å²) in [6.45, 7) is 8.43. The molecule has 11 nitrogen and oxygen atoms in total. The van der Waals surface area contributed by atoms with Crippen LogP contribution in [0.4, 0.5) is 5.69 Å². The second-order valence-electron chi connectivity index (χ2n) is 13.7. The molecule has 0 aromatic heterocycles. The minimum atomic E-state index is -0.989. The van der Waals surface area contributed by atoms with Crippen LogP contribution < -0.4 is 26.6 Å². The molecule has 2 aliphatic heterocycles. The molecule has 0 spiro atoms. The number of carbonyl (C=O) groups is 5. The lowest BCUT2D eigenvalue weighted by Gasteiger charge is -2.31. The molecule has 2 aliphatic rings. The Labute approximate surface area is 284 Å². The summed E-state index contributed by atoms with van der Waals surface area (Å²) in [6.07, 6.45) is 3.56. The fourth-order valence-corrected chi connectivity index (χ4v) is 6.38. The monoisotopic (exact) mass is 660 g/mol. The largest absolute Gasteiger partial charge is 0.374 e. The summed E-state index contributed by atoms with van der Waals surface area (Å²) in [5.41, 5.74) is 1.64. The summed E-state index contributed by atoms with van der Waals surface area (Å²) in [6, 6.07) is 14.8. The Bertz CT molecular complexity index is 1390. The van der Waals surface area contributed by atoms with Gasteiger partial charge in [-0.2, -0.15) is 0 Å². The molecule has 0 bridgehead atoms. The summed E-state index contributed by atoms with van der Waals surface area (Å²) in [5.74, 6) is -2.00. The van der Waals surface area contributed by atoms with Gasteiger partial charge in [0.2, 0.25) is 29.5 Å². The van der Waals surface area contributed by atoms with E-state index in [-0.39, 0.29) is 36.0 Å². The molecule has 0 aliphatic carbocycles. The van der Waals surface area contributed by atoms with Gasteiger partial charge in [-0.15, -0.1) is 0 Å². The van der Waals surface area contributed by atoms with Gasteiger partial charge in [0, 0.05) is 25.2 Å². The molecular formula is C37H52N6O5. The van der Waals surface area contributed by atoms with E-state index in [1.54, 1.807) is 4.90 Å². The lowest BCUT2D eigenvalue weighted by atomic mass is 9.99. The summed E-state index contributed by atoms with van der Waals surface area (Å²) < 4.78 is 0. The number of carbonyl (C=O) groups excluding carboxylic acids is 5. The predicted octanol–water partition coefficient (Wildman–Crippen LogP) is 3.16. The van der Waals surface area contributed by atoms with Crippen molar-refractivity contribution in [1.29, 1.82) is 0 Å². The molecular weight excluding hydrogens is 608 g/mol. The summed E-state index contributed by atoms with van der Waals surface area (Å²) >= 11 is 0. The smallest absolute Gasteiger partial charge is 0.245 e. The molecule has 2 heterocycles. The summed E-state index contributed by atoms with van der Waals surface area (Å²) in [5, 5.41) is 15.1. The number of para-hydroxylation sites is 1. The van der Waals surface area contributed by atoms with Crippen LogP contribution in [0.1, 0.15) is 71.8 Å². The van der Waals surface area contributed by atoms with Crippen molar-refractivity contribution in [2.45, 2.75) is 103 Å². The first-order valence-corrected chi connectivity index (χ1v) is 17.4. The van der Waals surface area contributed by atoms with Crippen molar-refractivity contribution in [2.24, 2.45) is 11.8 Å². The van der Waals surface area contributed by atoms with Crippen molar-refractivity contribution >= 4 is 35.2 Å². The average molecular weight is 661 g/mol. The minimum Gasteiger partial charge on any atom is -0.374 e. The van der Waals surface area contributed by atoms with E-state index in [1.165, 1.54) is 0 Å². The van der Waals surface area contributed by atoms with Gasteiger partial charge in [0.25, 0.3) is 0 Å². The highest BCUT2D eigenvalue weighted by Crippen LogP contribution is 2.22. The van der Waals surface area contributed by atoms with E-state index in [9.17, 15) is 24.0 Å². The first-order valence-electron chi connectivity index (χ1n) is 17.4. The van der Waals surface area contributed by atoms with Crippen LogP contribution in [0.5, 0.6) is 0 Å². The SMILES string of the molecule is CC(C)C[C@@H]1NC(=O)[C@H](Cc2ccccc2)NC(=O)[C@H](C(C)C)NC(=O)[C@@H]2CCCN2C(=O)[C@@H](Nc2ccccc2)CCCCNC1=O. The molecule has 4 rings (SSSR count). The maximum absolute atomic E-state index is 14.0. The van der Waals surface area contributed by atoms with Gasteiger partial charge in [-0.05, 0) is 68.1 Å². The molecule has 11 heteroatoms. The third-order valence-corrected chi connectivity index (χ3v) is 8.97. The van der Waals surface area contributed by atoms with Crippen LogP contribution in [0.25, 0.3) is 0 Å². The van der Waals surface area contributed by atoms with Crippen molar-refractivity contribution in [1.82, 2.24) is 26.2 Å². The Morgan fingerprint density at radius 1 is 0.729 bits per heavy atom. The third-order valence-electron chi connectivity index (χ3n) is 8.97. The van der Waals surface area contributed by atoms with E-state index in [4.69, 9.17) is 0 Å². The van der Waals surface area contributed by atoms with Crippen LogP contribution in [-0.2, 0) is 30.4 Å². The maximum Gasteiger partial charge on any atom is 0.245 e. The normalized spacial score (nSPS) is 25.2. The van der Waals surface area contributed by atoms with Crippen molar-refractivity contribution in [3.63, 3.8) is 0 Å². The number of amides is 5. The van der Waals surface area contributed by atoms with Crippen molar-refractivity contribution in [3.05, 3.63) is 66.2 Å². The van der Waals surface area contributed by atoms with Crippen molar-refractivity contribution in [2.75, 3.05) is 18.4 Å². The van der Waals surface area contributed by atoms with Crippen molar-refractivity contribution < 1.29 is 24.0 Å². The van der Waals surface area contributed by atoms with Gasteiger partial charge in [-0.3, -0.25) is 24.0 Å². The van der Waals surface area contributed by atoms with E-state index >= 15 is 0 Å². The van der Waals surface area contributed by atoms with Crippen LogP contribution in [0, 0.1) is 11.8 Å². The molecule has 48 heavy (non-hydrogen) atoms. The number of hydrogen-bond donors (Lipinski definition) is 5. The van der Waals surface area contributed by atoms with E-state index in [0.29, 0.717) is 51.6 Å².